The number of carbonyl (C=O) groups is 1. The van der Waals surface area contributed by atoms with E-state index in [1.54, 1.807) is 0 Å². The Morgan fingerprint density at radius 3 is 2.67 bits per heavy atom. The van der Waals surface area contributed by atoms with E-state index in [-0.39, 0.29) is 5.92 Å². The number of carboxylic acids is 1. The van der Waals surface area contributed by atoms with Crippen LogP contribution in [-0.2, 0) is 4.79 Å². The first-order chi connectivity index (χ1) is 4.29. The second-order valence-corrected chi connectivity index (χ2v) is 2.86. The molecular weight excluding hydrogens is 118 g/mol. The van der Waals surface area contributed by atoms with Crippen LogP contribution in [0, 0.1) is 11.8 Å². The molecule has 3 heteroatoms. The highest BCUT2D eigenvalue weighted by Gasteiger charge is 2.51. The maximum absolute atomic E-state index is 10.4. The zero-order valence-corrected chi connectivity index (χ0v) is 5.00. The summed E-state index contributed by atoms with van der Waals surface area (Å²) in [6, 6.07) is 0.547. The minimum Gasteiger partial charge on any atom is -0.481 e. The smallest absolute Gasteiger partial charge is 0.308 e. The lowest BCUT2D eigenvalue weighted by atomic mass is 10.1. The van der Waals surface area contributed by atoms with E-state index in [0.29, 0.717) is 18.5 Å². The van der Waals surface area contributed by atoms with Crippen LogP contribution in [0.1, 0.15) is 6.42 Å². The summed E-state index contributed by atoms with van der Waals surface area (Å²) in [4.78, 5) is 10.4. The topological polar surface area (TPSA) is 49.3 Å². The van der Waals surface area contributed by atoms with E-state index in [1.807, 2.05) is 0 Å². The molecule has 1 heterocycles. The molecule has 0 aromatic heterocycles. The fourth-order valence-electron chi connectivity index (χ4n) is 1.59. The van der Waals surface area contributed by atoms with Gasteiger partial charge in [-0.05, 0) is 12.3 Å². The second-order valence-electron chi connectivity index (χ2n) is 2.86. The highest BCUT2D eigenvalue weighted by Crippen LogP contribution is 2.42. The van der Waals surface area contributed by atoms with Crippen molar-refractivity contribution in [2.45, 2.75) is 12.5 Å². The maximum Gasteiger partial charge on any atom is 0.308 e. The minimum absolute atomic E-state index is 0.0880. The van der Waals surface area contributed by atoms with Gasteiger partial charge in [0.25, 0.3) is 0 Å². The summed E-state index contributed by atoms with van der Waals surface area (Å²) in [5.41, 5.74) is 0. The Balaban J connectivity index is 2.06. The normalized spacial score (nSPS) is 46.4. The molecule has 0 aromatic rings. The van der Waals surface area contributed by atoms with Crippen LogP contribution in [0.25, 0.3) is 0 Å². The number of nitrogens with one attached hydrogen (secondary N) is 1. The number of piperidine rings is 1. The van der Waals surface area contributed by atoms with Gasteiger partial charge in [0, 0.05) is 12.6 Å². The van der Waals surface area contributed by atoms with Gasteiger partial charge in [0.1, 0.15) is 0 Å². The summed E-state index contributed by atoms with van der Waals surface area (Å²) in [5, 5.41) is 11.7. The van der Waals surface area contributed by atoms with Gasteiger partial charge in [-0.15, -0.1) is 0 Å². The molecule has 2 N–H and O–H groups in total. The van der Waals surface area contributed by atoms with Crippen molar-refractivity contribution in [1.29, 1.82) is 0 Å². The molecule has 0 radical (unpaired) electrons. The van der Waals surface area contributed by atoms with Crippen LogP contribution in [0.5, 0.6) is 0 Å². The molecule has 3 unspecified atom stereocenters. The molecule has 2 rings (SSSR count). The molecule has 1 aliphatic heterocycles. The monoisotopic (exact) mass is 127 g/mol. The van der Waals surface area contributed by atoms with Crippen LogP contribution in [0.4, 0.5) is 0 Å². The Hall–Kier alpha value is -0.570. The van der Waals surface area contributed by atoms with Crippen LogP contribution in [0.15, 0.2) is 0 Å². The Morgan fingerprint density at radius 2 is 2.44 bits per heavy atom. The van der Waals surface area contributed by atoms with Gasteiger partial charge < -0.3 is 10.4 Å². The lowest BCUT2D eigenvalue weighted by Gasteiger charge is -2.02. The van der Waals surface area contributed by atoms with Crippen LogP contribution in [-0.4, -0.2) is 23.7 Å². The minimum atomic E-state index is -0.632. The second kappa shape index (κ2) is 1.48. The third-order valence-corrected chi connectivity index (χ3v) is 2.27. The van der Waals surface area contributed by atoms with Gasteiger partial charge in [0.05, 0.1) is 5.92 Å². The first-order valence-electron chi connectivity index (χ1n) is 3.25. The predicted octanol–water partition coefficient (Wildman–Crippen LogP) is -0.321. The molecule has 0 spiro atoms. The molecule has 1 saturated heterocycles. The van der Waals surface area contributed by atoms with E-state index in [0.717, 1.165) is 6.42 Å². The first kappa shape index (κ1) is 5.23. The van der Waals surface area contributed by atoms with Crippen LogP contribution in [0.2, 0.25) is 0 Å². The molecule has 2 fully saturated rings. The fourth-order valence-corrected chi connectivity index (χ4v) is 1.59. The van der Waals surface area contributed by atoms with Gasteiger partial charge >= 0.3 is 5.97 Å². The quantitative estimate of drug-likeness (QED) is 0.507. The summed E-state index contributed by atoms with van der Waals surface area (Å²) in [5.74, 6) is -0.259. The van der Waals surface area contributed by atoms with Gasteiger partial charge in [-0.2, -0.15) is 0 Å². The molecular formula is C6H9NO2. The summed E-state index contributed by atoms with van der Waals surface area (Å²) < 4.78 is 0. The summed E-state index contributed by atoms with van der Waals surface area (Å²) in [7, 11) is 0. The van der Waals surface area contributed by atoms with Crippen LogP contribution < -0.4 is 5.32 Å². The van der Waals surface area contributed by atoms with E-state index in [2.05, 4.69) is 5.32 Å². The lowest BCUT2D eigenvalue weighted by molar-refractivity contribution is -0.141. The first-order valence-corrected chi connectivity index (χ1v) is 3.25. The SMILES string of the molecule is O=C(O)C1CNC2CC21. The van der Waals surface area contributed by atoms with E-state index < -0.39 is 5.97 Å². The molecule has 50 valence electrons. The number of aliphatic carboxylic acids is 1. The Bertz CT molecular complexity index is 157. The third-order valence-electron chi connectivity index (χ3n) is 2.27. The molecule has 0 aromatic carbocycles. The standard InChI is InChI=1S/C6H9NO2/c8-6(9)4-2-7-5-1-3(4)5/h3-5,7H,1-2H2,(H,8,9). The van der Waals surface area contributed by atoms with Crippen LogP contribution in [0.3, 0.4) is 0 Å². The van der Waals surface area contributed by atoms with E-state index in [9.17, 15) is 4.79 Å². The molecule has 1 aliphatic carbocycles. The predicted molar refractivity (Wildman–Crippen MR) is 31.0 cm³/mol. The van der Waals surface area contributed by atoms with Gasteiger partial charge in [-0.1, -0.05) is 0 Å². The zero-order chi connectivity index (χ0) is 6.43. The maximum atomic E-state index is 10.4. The van der Waals surface area contributed by atoms with Crippen molar-refractivity contribution in [3.63, 3.8) is 0 Å². The number of hydrogen-bond donors (Lipinski definition) is 2. The van der Waals surface area contributed by atoms with E-state index in [4.69, 9.17) is 5.11 Å². The molecule has 9 heavy (non-hydrogen) atoms. The van der Waals surface area contributed by atoms with Crippen molar-refractivity contribution < 1.29 is 9.90 Å². The average molecular weight is 127 g/mol. The highest BCUT2D eigenvalue weighted by molar-refractivity contribution is 5.72. The van der Waals surface area contributed by atoms with Gasteiger partial charge in [0.15, 0.2) is 0 Å². The van der Waals surface area contributed by atoms with Crippen molar-refractivity contribution in [2.24, 2.45) is 11.8 Å². The van der Waals surface area contributed by atoms with Crippen molar-refractivity contribution in [2.75, 3.05) is 6.54 Å². The Morgan fingerprint density at radius 1 is 1.67 bits per heavy atom. The van der Waals surface area contributed by atoms with Crippen LogP contribution >= 0.6 is 0 Å². The van der Waals surface area contributed by atoms with Gasteiger partial charge in [-0.3, -0.25) is 4.79 Å². The number of fused-ring (bicyclic) bond motifs is 1. The highest BCUT2D eigenvalue weighted by atomic mass is 16.4. The molecule has 1 saturated carbocycles. The third kappa shape index (κ3) is 0.645. The molecule has 0 amide bonds. The van der Waals surface area contributed by atoms with Crippen molar-refractivity contribution in [1.82, 2.24) is 5.32 Å². The number of carboxylic acid groups (broad SMARTS) is 1. The average Bonchev–Trinajstić information content (AvgIpc) is 2.43. The van der Waals surface area contributed by atoms with Crippen molar-refractivity contribution in [3.8, 4) is 0 Å². The van der Waals surface area contributed by atoms with Crippen molar-refractivity contribution >= 4 is 5.97 Å². The molecule has 0 bridgehead atoms. The van der Waals surface area contributed by atoms with E-state index in [1.165, 1.54) is 0 Å². The summed E-state index contributed by atoms with van der Waals surface area (Å²) in [6.07, 6.45) is 1.08. The number of rotatable bonds is 1. The summed E-state index contributed by atoms with van der Waals surface area (Å²) in [6.45, 7) is 0.685. The van der Waals surface area contributed by atoms with Gasteiger partial charge in [-0.25, -0.2) is 0 Å². The van der Waals surface area contributed by atoms with E-state index >= 15 is 0 Å². The Labute approximate surface area is 53.1 Å². The lowest BCUT2D eigenvalue weighted by Crippen LogP contribution is -2.22. The fraction of sp³-hybridized carbons (Fsp3) is 0.833. The number of hydrogen-bond acceptors (Lipinski definition) is 2. The molecule has 3 atom stereocenters. The Kier molecular flexibility index (Phi) is 0.858. The molecule has 3 nitrogen and oxygen atoms in total. The zero-order valence-electron chi connectivity index (χ0n) is 5.00. The molecule has 2 aliphatic rings. The largest absolute Gasteiger partial charge is 0.481 e. The van der Waals surface area contributed by atoms with Crippen molar-refractivity contribution in [3.05, 3.63) is 0 Å². The summed E-state index contributed by atoms with van der Waals surface area (Å²) >= 11 is 0. The van der Waals surface area contributed by atoms with Gasteiger partial charge in [0.2, 0.25) is 0 Å².